The van der Waals surface area contributed by atoms with Gasteiger partial charge < -0.3 is 29.6 Å². The van der Waals surface area contributed by atoms with E-state index in [4.69, 9.17) is 9.47 Å². The Morgan fingerprint density at radius 2 is 1.92 bits per heavy atom. The van der Waals surface area contributed by atoms with E-state index < -0.39 is 5.54 Å². The highest BCUT2D eigenvalue weighted by Crippen LogP contribution is 2.32. The summed E-state index contributed by atoms with van der Waals surface area (Å²) in [5.41, 5.74) is 3.18. The number of ether oxygens (including phenoxy) is 2. The summed E-state index contributed by atoms with van der Waals surface area (Å²) in [6.07, 6.45) is 3.29. The number of hydrogen-bond donors (Lipinski definition) is 2. The van der Waals surface area contributed by atoms with Crippen LogP contribution in [0.25, 0.3) is 22.3 Å². The molecule has 1 fully saturated rings. The Morgan fingerprint density at radius 1 is 1.08 bits per heavy atom. The van der Waals surface area contributed by atoms with E-state index in [-0.39, 0.29) is 12.1 Å². The Morgan fingerprint density at radius 3 is 2.68 bits per heavy atom. The van der Waals surface area contributed by atoms with Crippen molar-refractivity contribution in [2.24, 2.45) is 0 Å². The molecule has 3 aromatic heterocycles. The zero-order valence-corrected chi connectivity index (χ0v) is 22.4. The van der Waals surface area contributed by atoms with E-state index in [1.54, 1.807) is 26.7 Å². The number of hydrogen-bond acceptors (Lipinski definition) is 7. The first-order valence-electron chi connectivity index (χ1n) is 12.6. The number of anilines is 1. The highest BCUT2D eigenvalue weighted by atomic mass is 16.5. The molecule has 5 rings (SSSR count). The second kappa shape index (κ2) is 10.2. The molecule has 10 heteroatoms. The maximum Gasteiger partial charge on any atom is 0.318 e. The van der Waals surface area contributed by atoms with Gasteiger partial charge in [-0.15, -0.1) is 0 Å². The van der Waals surface area contributed by atoms with Gasteiger partial charge in [0.15, 0.2) is 0 Å². The molecule has 1 atom stereocenters. The summed E-state index contributed by atoms with van der Waals surface area (Å²) in [5, 5.41) is 4.08. The van der Waals surface area contributed by atoms with Crippen molar-refractivity contribution in [2.45, 2.75) is 32.4 Å². The van der Waals surface area contributed by atoms with Gasteiger partial charge in [0.05, 0.1) is 31.2 Å². The summed E-state index contributed by atoms with van der Waals surface area (Å²) in [6, 6.07) is 13.4. The Bertz CT molecular complexity index is 1450. The third kappa shape index (κ3) is 4.93. The molecule has 2 N–H and O–H groups in total. The van der Waals surface area contributed by atoms with Gasteiger partial charge in [-0.1, -0.05) is 12.1 Å². The number of pyridine rings is 1. The molecule has 38 heavy (non-hydrogen) atoms. The minimum absolute atomic E-state index is 0.0895. The number of nitrogens with zero attached hydrogens (tertiary/aromatic N) is 5. The maximum atomic E-state index is 13.3. The smallest absolute Gasteiger partial charge is 0.318 e. The number of fused-ring (bicyclic) bond motifs is 1. The van der Waals surface area contributed by atoms with Crippen molar-refractivity contribution in [3.63, 3.8) is 0 Å². The molecule has 1 aliphatic heterocycles. The van der Waals surface area contributed by atoms with Crippen LogP contribution in [0.4, 0.5) is 10.6 Å². The highest BCUT2D eigenvalue weighted by molar-refractivity contribution is 5.92. The number of amides is 2. The minimum atomic E-state index is -0.425. The number of piperazine rings is 1. The highest BCUT2D eigenvalue weighted by Gasteiger charge is 2.38. The normalized spacial score (nSPS) is 15.8. The zero-order valence-electron chi connectivity index (χ0n) is 22.4. The number of aromatic amines is 1. The molecule has 2 amide bonds. The van der Waals surface area contributed by atoms with Crippen molar-refractivity contribution in [1.82, 2.24) is 30.2 Å². The van der Waals surface area contributed by atoms with Crippen LogP contribution in [0.15, 0.2) is 55.0 Å². The lowest BCUT2D eigenvalue weighted by molar-refractivity contribution is 0.121. The fourth-order valence-electron chi connectivity index (χ4n) is 4.99. The molecule has 4 aromatic rings. The Kier molecular flexibility index (Phi) is 6.79. The van der Waals surface area contributed by atoms with E-state index in [9.17, 15) is 4.79 Å². The number of H-pyrrole nitrogens is 1. The molecule has 0 aliphatic carbocycles. The molecular formula is C28H33N7O3. The summed E-state index contributed by atoms with van der Waals surface area (Å²) in [7, 11) is 3.24. The fourth-order valence-corrected chi connectivity index (χ4v) is 4.99. The molecule has 0 spiro atoms. The topological polar surface area (TPSA) is 108 Å². The Hall–Kier alpha value is -4.34. The van der Waals surface area contributed by atoms with Crippen molar-refractivity contribution in [1.29, 1.82) is 0 Å². The third-order valence-corrected chi connectivity index (χ3v) is 7.04. The van der Waals surface area contributed by atoms with Gasteiger partial charge in [0, 0.05) is 43.2 Å². The molecule has 0 radical (unpaired) electrons. The Balaban J connectivity index is 1.33. The first-order valence-corrected chi connectivity index (χ1v) is 12.6. The summed E-state index contributed by atoms with van der Waals surface area (Å²) in [6.45, 7) is 7.99. The molecule has 0 bridgehead atoms. The predicted octanol–water partition coefficient (Wildman–Crippen LogP) is 4.41. The number of carbonyl (C=O) groups excluding carboxylic acids is 1. The lowest BCUT2D eigenvalue weighted by Gasteiger charge is -2.47. The van der Waals surface area contributed by atoms with Crippen molar-refractivity contribution in [3.8, 4) is 22.9 Å². The molecule has 0 saturated carbocycles. The molecular weight excluding hydrogens is 482 g/mol. The zero-order chi connectivity index (χ0) is 26.9. The molecule has 198 valence electrons. The van der Waals surface area contributed by atoms with Gasteiger partial charge in [0.2, 0.25) is 5.88 Å². The average molecular weight is 516 g/mol. The summed E-state index contributed by atoms with van der Waals surface area (Å²) < 4.78 is 10.6. The van der Waals surface area contributed by atoms with E-state index in [2.05, 4.69) is 50.1 Å². The summed E-state index contributed by atoms with van der Waals surface area (Å²) in [5.74, 6) is 2.16. The van der Waals surface area contributed by atoms with Crippen LogP contribution in [0.5, 0.6) is 11.6 Å². The molecule has 1 saturated heterocycles. The van der Waals surface area contributed by atoms with Gasteiger partial charge in [-0.25, -0.2) is 19.7 Å². The fraction of sp³-hybridized carbons (Fsp3) is 0.357. The molecule has 1 aliphatic rings. The van der Waals surface area contributed by atoms with Crippen molar-refractivity contribution in [2.75, 3.05) is 38.8 Å². The van der Waals surface area contributed by atoms with E-state index >= 15 is 0 Å². The monoisotopic (exact) mass is 515 g/mol. The number of benzene rings is 1. The van der Waals surface area contributed by atoms with Crippen molar-refractivity contribution < 1.29 is 14.3 Å². The number of methoxy groups -OCH3 is 2. The van der Waals surface area contributed by atoms with Gasteiger partial charge in [-0.2, -0.15) is 0 Å². The van der Waals surface area contributed by atoms with Crippen molar-refractivity contribution >= 4 is 22.9 Å². The van der Waals surface area contributed by atoms with Crippen LogP contribution in [-0.4, -0.2) is 70.3 Å². The van der Waals surface area contributed by atoms with Gasteiger partial charge >= 0.3 is 6.03 Å². The van der Waals surface area contributed by atoms with Gasteiger partial charge in [-0.3, -0.25) is 0 Å². The maximum absolute atomic E-state index is 13.3. The molecule has 0 unspecified atom stereocenters. The van der Waals surface area contributed by atoms with Crippen LogP contribution in [0, 0.1) is 0 Å². The number of carbonyl (C=O) groups is 1. The number of rotatable bonds is 6. The number of urea groups is 1. The second-order valence-electron chi connectivity index (χ2n) is 10.1. The van der Waals surface area contributed by atoms with Gasteiger partial charge in [0.1, 0.15) is 23.5 Å². The summed E-state index contributed by atoms with van der Waals surface area (Å²) in [4.78, 5) is 34.1. The van der Waals surface area contributed by atoms with Crippen LogP contribution in [0.1, 0.15) is 32.4 Å². The molecule has 1 aromatic carbocycles. The predicted molar refractivity (Wildman–Crippen MR) is 147 cm³/mol. The van der Waals surface area contributed by atoms with E-state index in [0.717, 1.165) is 39.4 Å². The van der Waals surface area contributed by atoms with E-state index in [1.807, 2.05) is 48.2 Å². The lowest BCUT2D eigenvalue weighted by atomic mass is 9.98. The third-order valence-electron chi connectivity index (χ3n) is 7.04. The van der Waals surface area contributed by atoms with Gasteiger partial charge in [-0.05, 0) is 50.6 Å². The second-order valence-corrected chi connectivity index (χ2v) is 10.1. The van der Waals surface area contributed by atoms with Crippen LogP contribution in [0.3, 0.4) is 0 Å². The standard InChI is InChI=1S/C28H33N7O3/c1-18(19-7-6-8-21(13-19)37-4)32-27(36)35-12-11-34(16-28(35,2)3)26-22-15-23(33-25(22)30-17-31-26)20-9-10-29-24(14-20)38-5/h6-10,13-15,17-18H,11-12,16H2,1-5H3,(H,32,36)(H,30,31,33)/t18-/m0/s1. The molecule has 10 nitrogen and oxygen atoms in total. The largest absolute Gasteiger partial charge is 0.497 e. The van der Waals surface area contributed by atoms with Crippen LogP contribution >= 0.6 is 0 Å². The SMILES string of the molecule is COc1cccc([C@H](C)NC(=O)N2CCN(c3ncnc4[nH]c(-c5ccnc(OC)c5)cc34)CC2(C)C)c1. The molecule has 4 heterocycles. The Labute approximate surface area is 222 Å². The first-order chi connectivity index (χ1) is 18.3. The minimum Gasteiger partial charge on any atom is -0.497 e. The number of aromatic nitrogens is 4. The van der Waals surface area contributed by atoms with Crippen LogP contribution in [-0.2, 0) is 0 Å². The summed E-state index contributed by atoms with van der Waals surface area (Å²) >= 11 is 0. The average Bonchev–Trinajstić information content (AvgIpc) is 3.37. The van der Waals surface area contributed by atoms with E-state index in [1.165, 1.54) is 0 Å². The van der Waals surface area contributed by atoms with Crippen molar-refractivity contribution in [3.05, 3.63) is 60.6 Å². The van der Waals surface area contributed by atoms with Crippen LogP contribution < -0.4 is 19.7 Å². The van der Waals surface area contributed by atoms with Gasteiger partial charge in [0.25, 0.3) is 0 Å². The van der Waals surface area contributed by atoms with E-state index in [0.29, 0.717) is 25.5 Å². The lowest BCUT2D eigenvalue weighted by Crippen LogP contribution is -2.63. The quantitative estimate of drug-likeness (QED) is 0.392. The first kappa shape index (κ1) is 25.3. The van der Waals surface area contributed by atoms with Crippen LogP contribution in [0.2, 0.25) is 0 Å². The number of nitrogens with one attached hydrogen (secondary N) is 2.